The second-order valence-corrected chi connectivity index (χ2v) is 29.9. The number of carbonyl (C=O) groups excluding carboxylic acids is 9. The molecule has 25 heteroatoms. The van der Waals surface area contributed by atoms with Gasteiger partial charge in [0.05, 0.1) is 69.9 Å². The van der Waals surface area contributed by atoms with Crippen molar-refractivity contribution < 1.29 is 72.4 Å². The molecule has 2 aromatic carbocycles. The van der Waals surface area contributed by atoms with Crippen molar-refractivity contribution in [3.05, 3.63) is 151 Å². The summed E-state index contributed by atoms with van der Waals surface area (Å²) < 4.78 is 20.1. The molecule has 4 aromatic heterocycles. The number of imide groups is 2. The van der Waals surface area contributed by atoms with E-state index in [0.717, 1.165) is 116 Å². The molecule has 25 nitrogen and oxygen atoms in total. The van der Waals surface area contributed by atoms with E-state index in [-0.39, 0.29) is 108 Å². The lowest BCUT2D eigenvalue weighted by atomic mass is 9.80. The Bertz CT molecular complexity index is 4720. The molecule has 10 heterocycles. The highest BCUT2D eigenvalue weighted by molar-refractivity contribution is 6.13. The van der Waals surface area contributed by atoms with E-state index < -0.39 is 41.0 Å². The number of pyridine rings is 4. The van der Waals surface area contributed by atoms with E-state index in [1.165, 1.54) is 34.1 Å². The number of amides is 6. The number of benzene rings is 2. The molecule has 4 fully saturated rings. The first kappa shape index (κ1) is 71.7. The lowest BCUT2D eigenvalue weighted by Gasteiger charge is -2.37. The zero-order valence-electron chi connectivity index (χ0n) is 58.9. The minimum Gasteiger partial charge on any atom is -0.481 e. The van der Waals surface area contributed by atoms with Gasteiger partial charge in [-0.25, -0.2) is 19.6 Å². The third-order valence-electron chi connectivity index (χ3n) is 23.7. The van der Waals surface area contributed by atoms with E-state index in [1.54, 1.807) is 35.1 Å². The maximum atomic E-state index is 13.9. The molecule has 10 aliphatic rings. The van der Waals surface area contributed by atoms with Crippen LogP contribution in [0.25, 0.3) is 44.6 Å². The predicted molar refractivity (Wildman–Crippen MR) is 380 cm³/mol. The molecule has 4 N–H and O–H groups in total. The average molecular weight is 1430 g/mol. The highest BCUT2D eigenvalue weighted by atomic mass is 16.6. The fraction of sp³-hybridized carbons (Fsp3) is 0.475. The van der Waals surface area contributed by atoms with Crippen molar-refractivity contribution in [3.63, 3.8) is 0 Å². The summed E-state index contributed by atoms with van der Waals surface area (Å²) in [6.07, 6.45) is 17.4. The number of rotatable bonds is 15. The van der Waals surface area contributed by atoms with Gasteiger partial charge in [-0.2, -0.15) is 0 Å². The molecule has 6 aromatic rings. The summed E-state index contributed by atoms with van der Waals surface area (Å²) in [5, 5.41) is 28.0. The topological polar surface area (TPSA) is 339 Å². The number of carboxylic acid groups (broad SMARTS) is 1. The highest BCUT2D eigenvalue weighted by Crippen LogP contribution is 2.44. The van der Waals surface area contributed by atoms with E-state index in [2.05, 4.69) is 10.6 Å². The number of aliphatic hydroxyl groups is 1. The molecule has 6 amide bonds. The zero-order chi connectivity index (χ0) is 73.6. The first-order valence-corrected chi connectivity index (χ1v) is 37.1. The van der Waals surface area contributed by atoms with Gasteiger partial charge in [0.25, 0.3) is 34.7 Å². The number of aliphatic carboxylic acids is 1. The molecular formula is C80H86N8O17. The Hall–Kier alpha value is -10.3. The van der Waals surface area contributed by atoms with Crippen molar-refractivity contribution in [1.82, 2.24) is 39.5 Å². The summed E-state index contributed by atoms with van der Waals surface area (Å²) >= 11 is 0. The number of para-hydroxylation sites is 2. The maximum absolute atomic E-state index is 13.9. The molecule has 0 radical (unpaired) electrons. The van der Waals surface area contributed by atoms with Crippen molar-refractivity contribution in [2.45, 2.75) is 167 Å². The van der Waals surface area contributed by atoms with Crippen LogP contribution in [0.2, 0.25) is 0 Å². The molecule has 0 spiro atoms. The van der Waals surface area contributed by atoms with Gasteiger partial charge < -0.3 is 44.2 Å². The standard InChI is InChI=1S/C40H42N4O8.C20H28N2O5.C20H16N2O4/c1-2-40(30-18-32-35-28(17-27-5-3-4-6-31(27)42-35)21-43(32)37(48)29(30)22-51-39(40)50)52-38(49)26-13-7-23(8-14-26)19-41-36(47)25-11-9-24(10-12-25)20-44-33(45)15-16-34(44)46;23-17-9-10-18(24)22(17)12-14-3-5-15(6-4-14)19(25)21-11-13-1-7-16(8-2-13)20(26)27;1-2-20(25)14-8-16-17-12(7-11-5-3-4-6-15(11)21-17)9-22(16)18(23)13(14)10-26-19(20)24/h3-6,15-18,23-26H,2,7-14,19-22H2,1H3,(H,41,47);9-10,13-16H,1-8,11-12H2,(H,21,25)(H,26,27);3-8,25H,2,9-10H2,1H3/t23?,24?,25?,26?,40-;;20-/m0.0/s1. The fourth-order valence-corrected chi connectivity index (χ4v) is 17.2. The maximum Gasteiger partial charge on any atom is 0.355 e. The van der Waals surface area contributed by atoms with Gasteiger partial charge in [-0.3, -0.25) is 57.7 Å². The quantitative estimate of drug-likeness (QED) is 0.0428. The minimum absolute atomic E-state index is 0.000264. The summed E-state index contributed by atoms with van der Waals surface area (Å²) in [6, 6.07) is 23.1. The number of carbonyl (C=O) groups is 10. The molecule has 0 bridgehead atoms. The number of hydrogen-bond acceptors (Lipinski definition) is 18. The van der Waals surface area contributed by atoms with Crippen molar-refractivity contribution in [1.29, 1.82) is 0 Å². The van der Waals surface area contributed by atoms with Crippen LogP contribution in [-0.2, 0) is 99.7 Å². The van der Waals surface area contributed by atoms with E-state index in [9.17, 15) is 62.6 Å². The molecule has 0 saturated heterocycles. The van der Waals surface area contributed by atoms with Crippen LogP contribution in [0.1, 0.15) is 163 Å². The Morgan fingerprint density at radius 3 is 1.34 bits per heavy atom. The zero-order valence-corrected chi connectivity index (χ0v) is 58.9. The van der Waals surface area contributed by atoms with E-state index >= 15 is 0 Å². The van der Waals surface area contributed by atoms with Gasteiger partial charge in [-0.05, 0) is 176 Å². The summed E-state index contributed by atoms with van der Waals surface area (Å²) in [5.74, 6) is -3.12. The number of fused-ring (bicyclic) bond motifs is 10. The number of ether oxygens (including phenoxy) is 3. The number of carboxylic acids is 1. The largest absolute Gasteiger partial charge is 0.481 e. The molecule has 0 unspecified atom stereocenters. The van der Waals surface area contributed by atoms with Crippen LogP contribution in [0, 0.1) is 47.3 Å². The van der Waals surface area contributed by atoms with Gasteiger partial charge in [-0.1, -0.05) is 50.2 Å². The lowest BCUT2D eigenvalue weighted by Crippen LogP contribution is -2.48. The van der Waals surface area contributed by atoms with Crippen LogP contribution in [0.3, 0.4) is 0 Å². The Kier molecular flexibility index (Phi) is 20.3. The van der Waals surface area contributed by atoms with E-state index in [0.29, 0.717) is 110 Å². The molecule has 4 saturated carbocycles. The van der Waals surface area contributed by atoms with Crippen LogP contribution < -0.4 is 21.8 Å². The highest BCUT2D eigenvalue weighted by Gasteiger charge is 2.52. The molecule has 4 aliphatic carbocycles. The predicted octanol–water partition coefficient (Wildman–Crippen LogP) is 8.09. The van der Waals surface area contributed by atoms with Crippen LogP contribution in [0.5, 0.6) is 0 Å². The number of hydrogen-bond donors (Lipinski definition) is 4. The van der Waals surface area contributed by atoms with Gasteiger partial charge in [0.2, 0.25) is 17.4 Å². The molecular weight excluding hydrogens is 1340 g/mol. The number of cyclic esters (lactones) is 2. The molecule has 16 rings (SSSR count). The minimum atomic E-state index is -1.79. The molecule has 6 aliphatic heterocycles. The second kappa shape index (κ2) is 29.7. The Labute approximate surface area is 604 Å². The number of aromatic nitrogens is 4. The third kappa shape index (κ3) is 14.1. The SMILES string of the molecule is CC[C@@]1(O)C(=O)OCc2c1cc1n(c2=O)Cc2cc3ccccc3nc2-1.CC[C@@]1(OC(=O)C2CCC(CNC(=O)C3CCC(CN4C(=O)C=CC4=O)CC3)CC2)C(=O)OCc2c1cc1n(c2=O)Cc2cc3ccccc3nc2-1.O=C(O)C1CCC(CNC(=O)C2CCC(CN3C(=O)C=CC3=O)CC2)CC1. The summed E-state index contributed by atoms with van der Waals surface area (Å²) in [4.78, 5) is 162. The summed E-state index contributed by atoms with van der Waals surface area (Å²) in [5.41, 5.74) is 3.47. The molecule has 548 valence electrons. The number of nitrogens with one attached hydrogen (secondary N) is 2. The van der Waals surface area contributed by atoms with Gasteiger partial charge in [-0.15, -0.1) is 0 Å². The number of nitrogens with zero attached hydrogens (tertiary/aromatic N) is 6. The van der Waals surface area contributed by atoms with Gasteiger partial charge in [0.1, 0.15) is 13.2 Å². The smallest absolute Gasteiger partial charge is 0.355 e. The first-order chi connectivity index (χ1) is 50.6. The van der Waals surface area contributed by atoms with Crippen LogP contribution in [0.15, 0.2) is 107 Å². The van der Waals surface area contributed by atoms with Gasteiger partial charge in [0.15, 0.2) is 5.60 Å². The van der Waals surface area contributed by atoms with Crippen molar-refractivity contribution in [3.8, 4) is 22.8 Å². The third-order valence-corrected chi connectivity index (χ3v) is 23.7. The summed E-state index contributed by atoms with van der Waals surface area (Å²) in [6.45, 7) is 5.95. The first-order valence-electron chi connectivity index (χ1n) is 37.1. The Morgan fingerprint density at radius 1 is 0.505 bits per heavy atom. The fourth-order valence-electron chi connectivity index (χ4n) is 17.2. The van der Waals surface area contributed by atoms with Crippen LogP contribution in [-0.4, -0.2) is 125 Å². The van der Waals surface area contributed by atoms with Crippen LogP contribution in [0.4, 0.5) is 0 Å². The number of esters is 3. The van der Waals surface area contributed by atoms with Crippen LogP contribution >= 0.6 is 0 Å². The molecule has 2 atom stereocenters. The van der Waals surface area contributed by atoms with Crippen molar-refractivity contribution in [2.24, 2.45) is 47.3 Å². The van der Waals surface area contributed by atoms with E-state index in [1.807, 2.05) is 60.7 Å². The van der Waals surface area contributed by atoms with Crippen molar-refractivity contribution >= 4 is 81.1 Å². The van der Waals surface area contributed by atoms with E-state index in [4.69, 9.17) is 29.3 Å². The van der Waals surface area contributed by atoms with Crippen molar-refractivity contribution in [2.75, 3.05) is 26.2 Å². The Balaban J connectivity index is 0.000000147. The molecule has 105 heavy (non-hydrogen) atoms. The Morgan fingerprint density at radius 2 is 0.905 bits per heavy atom. The van der Waals surface area contributed by atoms with Gasteiger partial charge >= 0.3 is 23.9 Å². The normalized spacial score (nSPS) is 26.2. The van der Waals surface area contributed by atoms with Gasteiger partial charge in [0, 0.05) is 95.3 Å². The average Bonchev–Trinajstić information content (AvgIpc) is 1.67. The lowest BCUT2D eigenvalue weighted by molar-refractivity contribution is -0.192. The monoisotopic (exact) mass is 1430 g/mol. The summed E-state index contributed by atoms with van der Waals surface area (Å²) in [7, 11) is 0. The second-order valence-electron chi connectivity index (χ2n) is 29.9.